The first kappa shape index (κ1) is 16.0. The Morgan fingerprint density at radius 2 is 2.00 bits per heavy atom. The summed E-state index contributed by atoms with van der Waals surface area (Å²) < 4.78 is 2.05. The molecule has 1 heterocycles. The van der Waals surface area contributed by atoms with Crippen LogP contribution in [0.25, 0.3) is 11.3 Å². The van der Waals surface area contributed by atoms with Gasteiger partial charge in [0.25, 0.3) is 0 Å². The van der Waals surface area contributed by atoms with E-state index in [9.17, 15) is 9.90 Å². The van der Waals surface area contributed by atoms with Crippen molar-refractivity contribution in [1.29, 1.82) is 0 Å². The van der Waals surface area contributed by atoms with Crippen LogP contribution in [0.15, 0.2) is 77.6 Å². The first-order valence-corrected chi connectivity index (χ1v) is 8.28. The molecule has 0 bridgehead atoms. The monoisotopic (exact) mass is 335 g/mol. The fourth-order valence-electron chi connectivity index (χ4n) is 2.38. The van der Waals surface area contributed by atoms with Crippen LogP contribution in [0.2, 0.25) is 0 Å². The molecule has 2 aromatic carbocycles. The van der Waals surface area contributed by atoms with E-state index in [-0.39, 0.29) is 5.56 Å². The molecule has 120 valence electrons. The minimum absolute atomic E-state index is 0.117. The molecule has 0 fully saturated rings. The van der Waals surface area contributed by atoms with Gasteiger partial charge in [-0.1, -0.05) is 48.5 Å². The maximum absolute atomic E-state index is 11.0. The van der Waals surface area contributed by atoms with E-state index in [0.717, 1.165) is 16.1 Å². The normalized spacial score (nSPS) is 11.4. The number of nitrogens with zero attached hydrogens (tertiary/aromatic N) is 2. The number of carboxylic acid groups (broad SMARTS) is 1. The summed E-state index contributed by atoms with van der Waals surface area (Å²) in [5, 5.41) is 13.0. The number of carboxylic acids is 1. The van der Waals surface area contributed by atoms with Gasteiger partial charge in [0.05, 0.1) is 17.4 Å². The van der Waals surface area contributed by atoms with Crippen molar-refractivity contribution in [2.24, 2.45) is 4.99 Å². The Labute approximate surface area is 143 Å². The van der Waals surface area contributed by atoms with Crippen molar-refractivity contribution in [1.82, 2.24) is 4.57 Å². The van der Waals surface area contributed by atoms with Crippen molar-refractivity contribution in [3.8, 4) is 11.3 Å². The Balaban J connectivity index is 2.11. The highest BCUT2D eigenvalue weighted by molar-refractivity contribution is 7.07. The van der Waals surface area contributed by atoms with Gasteiger partial charge in [0.15, 0.2) is 4.80 Å². The minimum Gasteiger partial charge on any atom is -0.545 e. The second-order valence-corrected chi connectivity index (χ2v) is 5.95. The average Bonchev–Trinajstić information content (AvgIpc) is 2.99. The lowest BCUT2D eigenvalue weighted by atomic mass is 10.2. The number of benzene rings is 2. The molecule has 0 N–H and O–H groups in total. The Bertz CT molecular complexity index is 939. The van der Waals surface area contributed by atoms with E-state index >= 15 is 0 Å². The molecule has 4 nitrogen and oxygen atoms in total. The van der Waals surface area contributed by atoms with Crippen LogP contribution in [0.5, 0.6) is 0 Å². The number of allylic oxidation sites excluding steroid dienone is 1. The Hall–Kier alpha value is -2.92. The van der Waals surface area contributed by atoms with Gasteiger partial charge < -0.3 is 14.5 Å². The summed E-state index contributed by atoms with van der Waals surface area (Å²) in [6.45, 7) is 4.43. The van der Waals surface area contributed by atoms with Gasteiger partial charge in [-0.05, 0) is 23.3 Å². The van der Waals surface area contributed by atoms with Crippen molar-refractivity contribution >= 4 is 23.0 Å². The zero-order valence-electron chi connectivity index (χ0n) is 12.9. The molecular weight excluding hydrogens is 320 g/mol. The van der Waals surface area contributed by atoms with Crippen LogP contribution in [-0.4, -0.2) is 10.5 Å². The fourth-order valence-corrected chi connectivity index (χ4v) is 3.32. The van der Waals surface area contributed by atoms with E-state index in [1.54, 1.807) is 12.1 Å². The van der Waals surface area contributed by atoms with E-state index < -0.39 is 5.97 Å². The quantitative estimate of drug-likeness (QED) is 0.673. The number of hydrogen-bond donors (Lipinski definition) is 0. The summed E-state index contributed by atoms with van der Waals surface area (Å²) in [6.07, 6.45) is 1.82. The molecule has 0 atom stereocenters. The third-order valence-electron chi connectivity index (χ3n) is 3.49. The fraction of sp³-hybridized carbons (Fsp3) is 0.0526. The predicted octanol–water partition coefficient (Wildman–Crippen LogP) is 3.00. The molecule has 0 aliphatic carbocycles. The molecule has 0 spiro atoms. The molecule has 0 radical (unpaired) electrons. The van der Waals surface area contributed by atoms with Gasteiger partial charge in [0.2, 0.25) is 0 Å². The minimum atomic E-state index is -1.21. The van der Waals surface area contributed by atoms with Gasteiger partial charge in [-0.25, -0.2) is 4.99 Å². The molecule has 1 aromatic heterocycles. The molecule has 0 saturated heterocycles. The van der Waals surface area contributed by atoms with Crippen LogP contribution in [0.1, 0.15) is 10.4 Å². The SMILES string of the molecule is C=CCn1c(-c2ccccc2)csc1=Nc1cccc(C(=O)[O-])c1. The van der Waals surface area contributed by atoms with E-state index in [1.165, 1.54) is 23.5 Å². The number of hydrogen-bond acceptors (Lipinski definition) is 4. The number of rotatable bonds is 5. The molecule has 0 aliphatic heterocycles. The van der Waals surface area contributed by atoms with E-state index in [1.807, 2.05) is 41.8 Å². The third kappa shape index (κ3) is 3.36. The Morgan fingerprint density at radius 1 is 1.21 bits per heavy atom. The number of carbonyl (C=O) groups is 1. The average molecular weight is 335 g/mol. The van der Waals surface area contributed by atoms with Crippen molar-refractivity contribution < 1.29 is 9.90 Å². The summed E-state index contributed by atoms with van der Waals surface area (Å²) in [5.41, 5.74) is 2.85. The molecule has 3 aromatic rings. The van der Waals surface area contributed by atoms with Gasteiger partial charge in [-0.15, -0.1) is 17.9 Å². The Kier molecular flexibility index (Phi) is 4.72. The van der Waals surface area contributed by atoms with Crippen molar-refractivity contribution in [2.45, 2.75) is 6.54 Å². The van der Waals surface area contributed by atoms with E-state index in [0.29, 0.717) is 12.2 Å². The summed E-state index contributed by atoms with van der Waals surface area (Å²) in [7, 11) is 0. The standard InChI is InChI=1S/C19H16N2O2S/c1-2-11-21-17(14-7-4-3-5-8-14)13-24-19(21)20-16-10-6-9-15(12-16)18(22)23/h2-10,12-13H,1,11H2,(H,22,23)/p-1. The molecule has 5 heteroatoms. The number of aromatic nitrogens is 1. The highest BCUT2D eigenvalue weighted by Crippen LogP contribution is 2.21. The lowest BCUT2D eigenvalue weighted by Crippen LogP contribution is -2.22. The summed E-state index contributed by atoms with van der Waals surface area (Å²) in [5.74, 6) is -1.21. The maximum Gasteiger partial charge on any atom is 0.190 e. The molecule has 0 aliphatic rings. The summed E-state index contributed by atoms with van der Waals surface area (Å²) in [4.78, 5) is 16.4. The highest BCUT2D eigenvalue weighted by Gasteiger charge is 2.06. The zero-order valence-corrected chi connectivity index (χ0v) is 13.7. The van der Waals surface area contributed by atoms with Gasteiger partial charge in [0, 0.05) is 11.9 Å². The predicted molar refractivity (Wildman–Crippen MR) is 93.9 cm³/mol. The van der Waals surface area contributed by atoms with Crippen LogP contribution in [0.4, 0.5) is 5.69 Å². The van der Waals surface area contributed by atoms with Crippen LogP contribution >= 0.6 is 11.3 Å². The zero-order chi connectivity index (χ0) is 16.9. The van der Waals surface area contributed by atoms with Gasteiger partial charge >= 0.3 is 0 Å². The smallest absolute Gasteiger partial charge is 0.190 e. The maximum atomic E-state index is 11.0. The second-order valence-electron chi connectivity index (χ2n) is 5.12. The van der Waals surface area contributed by atoms with Crippen LogP contribution in [-0.2, 0) is 6.54 Å². The number of thiazole rings is 1. The van der Waals surface area contributed by atoms with E-state index in [2.05, 4.69) is 16.1 Å². The molecule has 0 saturated carbocycles. The Morgan fingerprint density at radius 3 is 2.71 bits per heavy atom. The molecular formula is C19H15N2O2S-. The van der Waals surface area contributed by atoms with Crippen molar-refractivity contribution in [3.05, 3.63) is 83.0 Å². The first-order valence-electron chi connectivity index (χ1n) is 7.40. The summed E-state index contributed by atoms with van der Waals surface area (Å²) in [6, 6.07) is 16.5. The molecule has 3 rings (SSSR count). The number of carbonyl (C=O) groups excluding carboxylic acids is 1. The lowest BCUT2D eigenvalue weighted by molar-refractivity contribution is -0.255. The number of aromatic carboxylic acids is 1. The van der Waals surface area contributed by atoms with Crippen LogP contribution in [0, 0.1) is 0 Å². The lowest BCUT2D eigenvalue weighted by Gasteiger charge is -2.06. The van der Waals surface area contributed by atoms with Gasteiger partial charge in [-0.2, -0.15) is 0 Å². The first-order chi connectivity index (χ1) is 11.7. The van der Waals surface area contributed by atoms with Crippen LogP contribution < -0.4 is 9.91 Å². The van der Waals surface area contributed by atoms with Crippen LogP contribution in [0.3, 0.4) is 0 Å². The molecule has 0 amide bonds. The second kappa shape index (κ2) is 7.10. The van der Waals surface area contributed by atoms with E-state index in [4.69, 9.17) is 0 Å². The third-order valence-corrected chi connectivity index (χ3v) is 4.35. The van der Waals surface area contributed by atoms with Gasteiger partial charge in [-0.3, -0.25) is 0 Å². The van der Waals surface area contributed by atoms with Crippen molar-refractivity contribution in [3.63, 3.8) is 0 Å². The highest BCUT2D eigenvalue weighted by atomic mass is 32.1. The van der Waals surface area contributed by atoms with Crippen molar-refractivity contribution in [2.75, 3.05) is 0 Å². The summed E-state index contributed by atoms with van der Waals surface area (Å²) >= 11 is 1.51. The van der Waals surface area contributed by atoms with Gasteiger partial charge in [0.1, 0.15) is 0 Å². The largest absolute Gasteiger partial charge is 0.545 e. The molecule has 24 heavy (non-hydrogen) atoms. The molecule has 0 unspecified atom stereocenters. The topological polar surface area (TPSA) is 57.4 Å².